The molecule has 0 unspecified atom stereocenters. The first kappa shape index (κ1) is 18.1. The van der Waals surface area contributed by atoms with Crippen LogP contribution in [0.4, 0.5) is 0 Å². The molecule has 0 saturated heterocycles. The minimum atomic E-state index is -0.150. The fraction of sp³-hybridized carbons (Fsp3) is 0.474. The number of aromatic nitrogens is 3. The molecule has 26 heavy (non-hydrogen) atoms. The number of nitrogens with zero attached hydrogens (tertiary/aromatic N) is 3. The van der Waals surface area contributed by atoms with Gasteiger partial charge in [-0.1, -0.05) is 0 Å². The number of carbonyl (C=O) groups excluding carboxylic acids is 2. The highest BCUT2D eigenvalue weighted by atomic mass is 16.2. The minimum Gasteiger partial charge on any atom is -0.356 e. The van der Waals surface area contributed by atoms with Crippen molar-refractivity contribution in [2.45, 2.75) is 38.1 Å². The zero-order chi connectivity index (χ0) is 18.4. The van der Waals surface area contributed by atoms with Crippen molar-refractivity contribution in [3.8, 4) is 0 Å². The van der Waals surface area contributed by atoms with E-state index in [1.54, 1.807) is 36.4 Å². The zero-order valence-corrected chi connectivity index (χ0v) is 15.0. The van der Waals surface area contributed by atoms with Gasteiger partial charge >= 0.3 is 0 Å². The standard InChI is InChI=1S/C19H25N5O2/c1-24-13-12-21-17(24)19(26)23-16-4-2-15(3-5-16)18(25)22-11-8-14-6-9-20-10-7-14/h6-7,9-10,12-13,15-16H,2-5,8,11H2,1H3,(H,22,25)(H,23,26). The second kappa shape index (κ2) is 8.60. The van der Waals surface area contributed by atoms with Gasteiger partial charge in [0.05, 0.1) is 0 Å². The Bertz CT molecular complexity index is 735. The third kappa shape index (κ3) is 4.68. The molecule has 3 rings (SSSR count). The van der Waals surface area contributed by atoms with Crippen molar-refractivity contribution in [2.24, 2.45) is 13.0 Å². The van der Waals surface area contributed by atoms with Crippen molar-refractivity contribution in [2.75, 3.05) is 6.54 Å². The van der Waals surface area contributed by atoms with E-state index in [-0.39, 0.29) is 23.8 Å². The molecule has 7 heteroatoms. The van der Waals surface area contributed by atoms with Crippen LogP contribution in [0.5, 0.6) is 0 Å². The Morgan fingerprint density at radius 1 is 1.15 bits per heavy atom. The molecule has 0 spiro atoms. The van der Waals surface area contributed by atoms with Crippen LogP contribution in [0.3, 0.4) is 0 Å². The molecule has 138 valence electrons. The van der Waals surface area contributed by atoms with Crippen LogP contribution < -0.4 is 10.6 Å². The SMILES string of the molecule is Cn1ccnc1C(=O)NC1CCC(C(=O)NCCc2ccncc2)CC1. The molecular formula is C19H25N5O2. The highest BCUT2D eigenvalue weighted by molar-refractivity contribution is 5.91. The Morgan fingerprint density at radius 3 is 2.54 bits per heavy atom. The van der Waals surface area contributed by atoms with E-state index in [1.165, 1.54) is 5.56 Å². The van der Waals surface area contributed by atoms with E-state index < -0.39 is 0 Å². The van der Waals surface area contributed by atoms with Gasteiger partial charge < -0.3 is 15.2 Å². The minimum absolute atomic E-state index is 0.0359. The number of carbonyl (C=O) groups is 2. The fourth-order valence-corrected chi connectivity index (χ4v) is 3.36. The molecule has 2 heterocycles. The maximum atomic E-state index is 12.3. The number of aryl methyl sites for hydroxylation is 1. The second-order valence-electron chi connectivity index (χ2n) is 6.78. The number of hydrogen-bond acceptors (Lipinski definition) is 4. The fourth-order valence-electron chi connectivity index (χ4n) is 3.36. The number of rotatable bonds is 6. The van der Waals surface area contributed by atoms with E-state index in [0.29, 0.717) is 12.4 Å². The van der Waals surface area contributed by atoms with Gasteiger partial charge in [-0.2, -0.15) is 0 Å². The maximum Gasteiger partial charge on any atom is 0.287 e. The van der Waals surface area contributed by atoms with E-state index in [9.17, 15) is 9.59 Å². The molecule has 0 bridgehead atoms. The summed E-state index contributed by atoms with van der Waals surface area (Å²) in [5.74, 6) is 0.422. The molecule has 2 aromatic rings. The molecule has 1 aliphatic carbocycles. The molecular weight excluding hydrogens is 330 g/mol. The van der Waals surface area contributed by atoms with Crippen LogP contribution in [0.25, 0.3) is 0 Å². The summed E-state index contributed by atoms with van der Waals surface area (Å²) in [5.41, 5.74) is 1.17. The van der Waals surface area contributed by atoms with Gasteiger partial charge in [-0.3, -0.25) is 14.6 Å². The van der Waals surface area contributed by atoms with E-state index >= 15 is 0 Å². The Labute approximate surface area is 153 Å². The molecule has 2 amide bonds. The van der Waals surface area contributed by atoms with Crippen LogP contribution in [-0.2, 0) is 18.3 Å². The van der Waals surface area contributed by atoms with Crippen LogP contribution >= 0.6 is 0 Å². The van der Waals surface area contributed by atoms with Gasteiger partial charge in [-0.05, 0) is 49.8 Å². The smallest absolute Gasteiger partial charge is 0.287 e. The molecule has 0 radical (unpaired) electrons. The monoisotopic (exact) mass is 355 g/mol. The van der Waals surface area contributed by atoms with Crippen molar-refractivity contribution in [3.63, 3.8) is 0 Å². The third-order valence-electron chi connectivity index (χ3n) is 4.92. The number of hydrogen-bond donors (Lipinski definition) is 2. The molecule has 1 aliphatic rings. The van der Waals surface area contributed by atoms with Gasteiger partial charge in [0.15, 0.2) is 5.82 Å². The summed E-state index contributed by atoms with van der Waals surface area (Å²) in [5, 5.41) is 6.05. The van der Waals surface area contributed by atoms with Gasteiger partial charge in [0.2, 0.25) is 5.91 Å². The van der Waals surface area contributed by atoms with Gasteiger partial charge in [0.25, 0.3) is 5.91 Å². The number of imidazole rings is 1. The van der Waals surface area contributed by atoms with Crippen molar-refractivity contribution < 1.29 is 9.59 Å². The first-order valence-corrected chi connectivity index (χ1v) is 9.08. The summed E-state index contributed by atoms with van der Waals surface area (Å²) in [4.78, 5) is 32.6. The van der Waals surface area contributed by atoms with Crippen molar-refractivity contribution in [1.82, 2.24) is 25.2 Å². The lowest BCUT2D eigenvalue weighted by Gasteiger charge is -2.28. The summed E-state index contributed by atoms with van der Waals surface area (Å²) in [7, 11) is 1.80. The van der Waals surface area contributed by atoms with Crippen molar-refractivity contribution >= 4 is 11.8 Å². The average Bonchev–Trinajstić information content (AvgIpc) is 3.09. The van der Waals surface area contributed by atoms with Gasteiger partial charge in [0, 0.05) is 50.3 Å². The lowest BCUT2D eigenvalue weighted by atomic mass is 9.85. The van der Waals surface area contributed by atoms with Crippen LogP contribution in [0.15, 0.2) is 36.9 Å². The number of amides is 2. The van der Waals surface area contributed by atoms with Crippen LogP contribution in [0.2, 0.25) is 0 Å². The lowest BCUT2D eigenvalue weighted by molar-refractivity contribution is -0.126. The highest BCUT2D eigenvalue weighted by Crippen LogP contribution is 2.24. The van der Waals surface area contributed by atoms with Gasteiger partial charge in [-0.15, -0.1) is 0 Å². The van der Waals surface area contributed by atoms with Crippen molar-refractivity contribution in [1.29, 1.82) is 0 Å². The largest absolute Gasteiger partial charge is 0.356 e. The first-order chi connectivity index (χ1) is 12.6. The molecule has 0 aliphatic heterocycles. The van der Waals surface area contributed by atoms with E-state index in [4.69, 9.17) is 0 Å². The quantitative estimate of drug-likeness (QED) is 0.821. The van der Waals surface area contributed by atoms with E-state index in [1.807, 2.05) is 12.1 Å². The first-order valence-electron chi connectivity index (χ1n) is 9.08. The summed E-state index contributed by atoms with van der Waals surface area (Å²) in [6, 6.07) is 4.03. The summed E-state index contributed by atoms with van der Waals surface area (Å²) >= 11 is 0. The normalized spacial score (nSPS) is 19.7. The number of pyridine rings is 1. The molecule has 1 fully saturated rings. The topological polar surface area (TPSA) is 88.9 Å². The average molecular weight is 355 g/mol. The number of nitrogens with one attached hydrogen (secondary N) is 2. The van der Waals surface area contributed by atoms with Crippen molar-refractivity contribution in [3.05, 3.63) is 48.3 Å². The van der Waals surface area contributed by atoms with Crippen LogP contribution in [0, 0.1) is 5.92 Å². The van der Waals surface area contributed by atoms with Gasteiger partial charge in [0.1, 0.15) is 0 Å². The highest BCUT2D eigenvalue weighted by Gasteiger charge is 2.27. The molecule has 2 aromatic heterocycles. The van der Waals surface area contributed by atoms with E-state index in [2.05, 4.69) is 20.6 Å². The molecule has 2 N–H and O–H groups in total. The molecule has 1 saturated carbocycles. The Kier molecular flexibility index (Phi) is 5.99. The molecule has 0 aromatic carbocycles. The van der Waals surface area contributed by atoms with E-state index in [0.717, 1.165) is 32.1 Å². The Hall–Kier alpha value is -2.70. The lowest BCUT2D eigenvalue weighted by Crippen LogP contribution is -2.41. The summed E-state index contributed by atoms with van der Waals surface area (Å²) < 4.78 is 1.71. The summed E-state index contributed by atoms with van der Waals surface area (Å²) in [6.45, 7) is 0.638. The van der Waals surface area contributed by atoms with Crippen LogP contribution in [0.1, 0.15) is 41.9 Å². The second-order valence-corrected chi connectivity index (χ2v) is 6.78. The van der Waals surface area contributed by atoms with Gasteiger partial charge in [-0.25, -0.2) is 4.98 Å². The predicted molar refractivity (Wildman–Crippen MR) is 97.4 cm³/mol. The molecule has 7 nitrogen and oxygen atoms in total. The zero-order valence-electron chi connectivity index (χ0n) is 15.0. The summed E-state index contributed by atoms with van der Waals surface area (Å²) in [6.07, 6.45) is 10.9. The van der Waals surface area contributed by atoms with Crippen LogP contribution in [-0.4, -0.2) is 38.9 Å². The molecule has 0 atom stereocenters. The maximum absolute atomic E-state index is 12.3. The predicted octanol–water partition coefficient (Wildman–Crippen LogP) is 1.46. The Balaban J connectivity index is 1.38. The Morgan fingerprint density at radius 2 is 1.88 bits per heavy atom. The third-order valence-corrected chi connectivity index (χ3v) is 4.92.